The molecule has 0 aromatic heterocycles. The predicted octanol–water partition coefficient (Wildman–Crippen LogP) is 2.20. The summed E-state index contributed by atoms with van der Waals surface area (Å²) in [5, 5.41) is 3.26. The first-order valence-electron chi connectivity index (χ1n) is 7.53. The van der Waals surface area contributed by atoms with Crippen LogP contribution in [0.15, 0.2) is 24.3 Å². The molecule has 1 aliphatic rings. The van der Waals surface area contributed by atoms with Gasteiger partial charge in [-0.3, -0.25) is 4.79 Å². The van der Waals surface area contributed by atoms with Crippen molar-refractivity contribution in [1.29, 1.82) is 0 Å². The Morgan fingerprint density at radius 3 is 2.81 bits per heavy atom. The van der Waals surface area contributed by atoms with Crippen molar-refractivity contribution in [2.45, 2.75) is 31.7 Å². The van der Waals surface area contributed by atoms with E-state index in [-0.39, 0.29) is 17.8 Å². The molecule has 1 aliphatic heterocycles. The molecule has 1 heterocycles. The van der Waals surface area contributed by atoms with Crippen LogP contribution < -0.4 is 10.1 Å². The molecule has 1 amide bonds. The monoisotopic (exact) mass is 294 g/mol. The summed E-state index contributed by atoms with van der Waals surface area (Å²) in [5.74, 6) is 0.545. The number of piperidine rings is 1. The van der Waals surface area contributed by atoms with Crippen molar-refractivity contribution in [3.63, 3.8) is 0 Å². The zero-order valence-electron chi connectivity index (χ0n) is 12.5. The number of nitrogens with zero attached hydrogens (tertiary/aromatic N) is 1. The number of carbonyl (C=O) groups excluding carboxylic acids is 1. The Bertz CT molecular complexity index is 444. The van der Waals surface area contributed by atoms with Crippen LogP contribution in [0, 0.1) is 5.82 Å². The lowest BCUT2D eigenvalue weighted by molar-refractivity contribution is -0.132. The molecule has 0 bridgehead atoms. The number of benzene rings is 1. The summed E-state index contributed by atoms with van der Waals surface area (Å²) in [5.41, 5.74) is 0. The van der Waals surface area contributed by atoms with E-state index in [4.69, 9.17) is 4.74 Å². The van der Waals surface area contributed by atoms with Crippen LogP contribution in [0.3, 0.4) is 0 Å². The molecule has 0 aliphatic carbocycles. The maximum Gasteiger partial charge on any atom is 0.239 e. The lowest BCUT2D eigenvalue weighted by Gasteiger charge is -2.27. The van der Waals surface area contributed by atoms with Crippen molar-refractivity contribution in [3.05, 3.63) is 30.1 Å². The Labute approximate surface area is 125 Å². The van der Waals surface area contributed by atoms with Gasteiger partial charge in [-0.05, 0) is 50.1 Å². The number of hydrogen-bond acceptors (Lipinski definition) is 3. The average molecular weight is 294 g/mol. The molecule has 2 rings (SSSR count). The Kier molecular flexibility index (Phi) is 5.99. The summed E-state index contributed by atoms with van der Waals surface area (Å²) in [4.78, 5) is 13.9. The number of amides is 1. The third-order valence-corrected chi connectivity index (χ3v) is 3.70. The average Bonchev–Trinajstić information content (AvgIpc) is 2.53. The van der Waals surface area contributed by atoms with Gasteiger partial charge in [0.25, 0.3) is 0 Å². The van der Waals surface area contributed by atoms with Gasteiger partial charge in [-0.25, -0.2) is 4.39 Å². The van der Waals surface area contributed by atoms with Gasteiger partial charge in [0.1, 0.15) is 11.6 Å². The summed E-state index contributed by atoms with van der Waals surface area (Å²) < 4.78 is 18.3. The Hall–Kier alpha value is -1.62. The van der Waals surface area contributed by atoms with Gasteiger partial charge in [-0.1, -0.05) is 6.42 Å². The zero-order valence-corrected chi connectivity index (χ0v) is 12.5. The molecule has 0 saturated carbocycles. The second-order valence-electron chi connectivity index (χ2n) is 5.42. The first-order valence-corrected chi connectivity index (χ1v) is 7.53. The molecular formula is C16H23FN2O2. The Balaban J connectivity index is 1.65. The number of ether oxygens (including phenoxy) is 1. The normalized spacial score (nSPS) is 18.3. The van der Waals surface area contributed by atoms with E-state index in [1.807, 2.05) is 7.05 Å². The molecule has 1 aromatic carbocycles. The van der Waals surface area contributed by atoms with Gasteiger partial charge >= 0.3 is 0 Å². The highest BCUT2D eigenvalue weighted by molar-refractivity contribution is 5.81. The van der Waals surface area contributed by atoms with Crippen molar-refractivity contribution < 1.29 is 13.9 Å². The van der Waals surface area contributed by atoms with Crippen LogP contribution in [0.4, 0.5) is 4.39 Å². The highest BCUT2D eigenvalue weighted by Gasteiger charge is 2.23. The summed E-state index contributed by atoms with van der Waals surface area (Å²) >= 11 is 0. The van der Waals surface area contributed by atoms with Crippen LogP contribution in [0.2, 0.25) is 0 Å². The van der Waals surface area contributed by atoms with Crippen LogP contribution in [-0.4, -0.2) is 43.6 Å². The Morgan fingerprint density at radius 2 is 2.14 bits per heavy atom. The molecule has 1 N–H and O–H groups in total. The molecule has 1 aromatic rings. The first-order chi connectivity index (χ1) is 10.2. The van der Waals surface area contributed by atoms with E-state index in [2.05, 4.69) is 5.32 Å². The van der Waals surface area contributed by atoms with Crippen molar-refractivity contribution in [2.75, 3.05) is 26.7 Å². The van der Waals surface area contributed by atoms with E-state index in [0.717, 1.165) is 32.2 Å². The smallest absolute Gasteiger partial charge is 0.239 e. The number of halogens is 1. The van der Waals surface area contributed by atoms with Crippen LogP contribution in [0.5, 0.6) is 5.75 Å². The topological polar surface area (TPSA) is 41.6 Å². The van der Waals surface area contributed by atoms with Gasteiger partial charge in [-0.2, -0.15) is 0 Å². The van der Waals surface area contributed by atoms with Crippen molar-refractivity contribution in [2.24, 2.45) is 0 Å². The summed E-state index contributed by atoms with van der Waals surface area (Å²) in [6.07, 6.45) is 3.95. The zero-order chi connectivity index (χ0) is 15.1. The molecule has 116 valence electrons. The fourth-order valence-electron chi connectivity index (χ4n) is 2.46. The molecule has 1 fully saturated rings. The van der Waals surface area contributed by atoms with Gasteiger partial charge in [-0.15, -0.1) is 0 Å². The third kappa shape index (κ3) is 5.01. The van der Waals surface area contributed by atoms with E-state index in [9.17, 15) is 9.18 Å². The van der Waals surface area contributed by atoms with Crippen molar-refractivity contribution >= 4 is 5.91 Å². The highest BCUT2D eigenvalue weighted by atomic mass is 19.1. The number of nitrogens with one attached hydrogen (secondary N) is 1. The van der Waals surface area contributed by atoms with Crippen molar-refractivity contribution in [1.82, 2.24) is 10.2 Å². The predicted molar refractivity (Wildman–Crippen MR) is 79.8 cm³/mol. The fraction of sp³-hybridized carbons (Fsp3) is 0.562. The molecule has 1 unspecified atom stereocenters. The quantitative estimate of drug-likeness (QED) is 0.818. The van der Waals surface area contributed by atoms with E-state index in [0.29, 0.717) is 18.9 Å². The number of likely N-dealkylation sites (N-methyl/N-ethyl adjacent to an activating group) is 1. The van der Waals surface area contributed by atoms with Gasteiger partial charge in [0, 0.05) is 13.6 Å². The van der Waals surface area contributed by atoms with Crippen molar-refractivity contribution in [3.8, 4) is 5.75 Å². The van der Waals surface area contributed by atoms with Gasteiger partial charge in [0.15, 0.2) is 0 Å². The minimum absolute atomic E-state index is 0.0261. The molecule has 0 radical (unpaired) electrons. The molecule has 21 heavy (non-hydrogen) atoms. The lowest BCUT2D eigenvalue weighted by Crippen LogP contribution is -2.47. The maximum absolute atomic E-state index is 12.7. The minimum Gasteiger partial charge on any atom is -0.494 e. The number of hydrogen-bond donors (Lipinski definition) is 1. The number of rotatable bonds is 6. The molecule has 1 saturated heterocycles. The minimum atomic E-state index is -0.271. The summed E-state index contributed by atoms with van der Waals surface area (Å²) in [6.45, 7) is 2.11. The second kappa shape index (κ2) is 7.98. The highest BCUT2D eigenvalue weighted by Crippen LogP contribution is 2.12. The van der Waals surface area contributed by atoms with E-state index in [1.54, 1.807) is 17.0 Å². The van der Waals surface area contributed by atoms with Gasteiger partial charge in [0.2, 0.25) is 5.91 Å². The molecular weight excluding hydrogens is 271 g/mol. The number of carbonyl (C=O) groups is 1. The standard InChI is InChI=1S/C16H23FN2O2/c1-19(16(20)15-5-2-3-10-18-15)11-4-12-21-14-8-6-13(17)7-9-14/h6-9,15,18H,2-5,10-12H2,1H3. The first kappa shape index (κ1) is 15.8. The van der Waals surface area contributed by atoms with Crippen LogP contribution in [0.1, 0.15) is 25.7 Å². The third-order valence-electron chi connectivity index (χ3n) is 3.70. The van der Waals surface area contributed by atoms with E-state index < -0.39 is 0 Å². The molecule has 4 nitrogen and oxygen atoms in total. The lowest BCUT2D eigenvalue weighted by atomic mass is 10.0. The van der Waals surface area contributed by atoms with E-state index >= 15 is 0 Å². The summed E-state index contributed by atoms with van der Waals surface area (Å²) in [6, 6.07) is 5.94. The molecule has 5 heteroatoms. The second-order valence-corrected chi connectivity index (χ2v) is 5.42. The van der Waals surface area contributed by atoms with E-state index in [1.165, 1.54) is 12.1 Å². The summed E-state index contributed by atoms with van der Waals surface area (Å²) in [7, 11) is 1.83. The SMILES string of the molecule is CN(CCCOc1ccc(F)cc1)C(=O)C1CCCCN1. The molecule has 0 spiro atoms. The van der Waals surface area contributed by atoms with Gasteiger partial charge < -0.3 is 15.0 Å². The molecule has 1 atom stereocenters. The largest absolute Gasteiger partial charge is 0.494 e. The fourth-order valence-corrected chi connectivity index (χ4v) is 2.46. The van der Waals surface area contributed by atoms with Crippen LogP contribution in [-0.2, 0) is 4.79 Å². The van der Waals surface area contributed by atoms with Gasteiger partial charge in [0.05, 0.1) is 12.6 Å². The van der Waals surface area contributed by atoms with Crippen LogP contribution in [0.25, 0.3) is 0 Å². The van der Waals surface area contributed by atoms with Crippen LogP contribution >= 0.6 is 0 Å². The maximum atomic E-state index is 12.7. The Morgan fingerprint density at radius 1 is 1.38 bits per heavy atom.